The molecule has 0 N–H and O–H groups in total. The van der Waals surface area contributed by atoms with Gasteiger partial charge in [0.1, 0.15) is 11.6 Å². The van der Waals surface area contributed by atoms with Crippen LogP contribution in [0.5, 0.6) is 0 Å². The predicted molar refractivity (Wildman–Crippen MR) is 198 cm³/mol. The lowest BCUT2D eigenvalue weighted by molar-refractivity contribution is 0.557. The van der Waals surface area contributed by atoms with Crippen LogP contribution >= 0.6 is 11.6 Å². The summed E-state index contributed by atoms with van der Waals surface area (Å²) in [6.07, 6.45) is 26.5. The van der Waals surface area contributed by atoms with Crippen molar-refractivity contribution in [3.63, 3.8) is 0 Å². The number of unbranched alkanes of at least 4 members (excludes halogenated alkanes) is 18. The van der Waals surface area contributed by atoms with Gasteiger partial charge in [-0.2, -0.15) is 0 Å². The first-order chi connectivity index (χ1) is 22.2. The highest BCUT2D eigenvalue weighted by Gasteiger charge is 2.18. The minimum absolute atomic E-state index is 0.301. The van der Waals surface area contributed by atoms with E-state index < -0.39 is 0 Å². The molecule has 0 aliphatic heterocycles. The standard InChI is InChI=1S/C40H61ClN4/c1-3-5-7-9-11-13-15-17-19-27-33-44(36-29-23-21-24-30-36)38-35-39(43-40(41)42-38)45(37-31-25-22-26-32-37)34-28-20-18-16-14-12-10-8-6-4-2/h21-26,29-32,35H,3-20,27-28,33-34H2,1-2H3. The molecule has 4 nitrogen and oxygen atoms in total. The number of aromatic nitrogens is 2. The van der Waals surface area contributed by atoms with Gasteiger partial charge in [0.05, 0.1) is 0 Å². The van der Waals surface area contributed by atoms with Crippen molar-refractivity contribution in [1.82, 2.24) is 9.97 Å². The van der Waals surface area contributed by atoms with Gasteiger partial charge >= 0.3 is 0 Å². The van der Waals surface area contributed by atoms with E-state index in [4.69, 9.17) is 21.6 Å². The molecule has 3 aromatic rings. The lowest BCUT2D eigenvalue weighted by atomic mass is 10.1. The highest BCUT2D eigenvalue weighted by molar-refractivity contribution is 6.28. The summed E-state index contributed by atoms with van der Waals surface area (Å²) >= 11 is 6.67. The molecule has 248 valence electrons. The van der Waals surface area contributed by atoms with Crippen molar-refractivity contribution in [1.29, 1.82) is 0 Å². The lowest BCUT2D eigenvalue weighted by Gasteiger charge is -2.28. The smallest absolute Gasteiger partial charge is 0.226 e. The van der Waals surface area contributed by atoms with Crippen LogP contribution in [0, 0.1) is 0 Å². The van der Waals surface area contributed by atoms with Crippen LogP contribution in [-0.2, 0) is 0 Å². The van der Waals surface area contributed by atoms with Crippen molar-refractivity contribution in [2.45, 2.75) is 142 Å². The summed E-state index contributed by atoms with van der Waals surface area (Å²) < 4.78 is 0. The van der Waals surface area contributed by atoms with Gasteiger partial charge in [-0.05, 0) is 48.7 Å². The Bertz CT molecular complexity index is 1040. The molecule has 0 atom stereocenters. The Morgan fingerprint density at radius 1 is 0.444 bits per heavy atom. The first-order valence-corrected chi connectivity index (χ1v) is 18.8. The largest absolute Gasteiger partial charge is 0.326 e. The number of halogens is 1. The van der Waals surface area contributed by atoms with E-state index in [1.165, 1.54) is 116 Å². The van der Waals surface area contributed by atoms with Crippen LogP contribution in [0.15, 0.2) is 66.7 Å². The second-order valence-corrected chi connectivity index (χ2v) is 13.0. The average molecular weight is 633 g/mol. The molecule has 0 aliphatic rings. The summed E-state index contributed by atoms with van der Waals surface area (Å²) in [4.78, 5) is 14.2. The molecule has 3 rings (SSSR count). The van der Waals surface area contributed by atoms with Gasteiger partial charge in [-0.3, -0.25) is 0 Å². The van der Waals surface area contributed by atoms with Crippen LogP contribution in [0.1, 0.15) is 142 Å². The molecule has 0 unspecified atom stereocenters. The van der Waals surface area contributed by atoms with E-state index in [2.05, 4.69) is 90.4 Å². The number of para-hydroxylation sites is 2. The summed E-state index contributed by atoms with van der Waals surface area (Å²) in [7, 11) is 0. The van der Waals surface area contributed by atoms with Gasteiger partial charge in [0.25, 0.3) is 0 Å². The Balaban J connectivity index is 1.62. The Hall–Kier alpha value is -2.59. The molecule has 0 bridgehead atoms. The van der Waals surface area contributed by atoms with E-state index in [1.807, 2.05) is 0 Å². The molecule has 45 heavy (non-hydrogen) atoms. The zero-order chi connectivity index (χ0) is 31.8. The van der Waals surface area contributed by atoms with Gasteiger partial charge in [0.15, 0.2) is 0 Å². The Labute approximate surface area is 281 Å². The summed E-state index contributed by atoms with van der Waals surface area (Å²) in [5.41, 5.74) is 2.30. The monoisotopic (exact) mass is 632 g/mol. The quantitative estimate of drug-likeness (QED) is 0.0651. The second-order valence-electron chi connectivity index (χ2n) is 12.7. The molecule has 2 aromatic carbocycles. The van der Waals surface area contributed by atoms with Crippen LogP contribution in [-0.4, -0.2) is 23.1 Å². The highest BCUT2D eigenvalue weighted by Crippen LogP contribution is 2.32. The molecule has 1 heterocycles. The fraction of sp³-hybridized carbons (Fsp3) is 0.600. The third-order valence-corrected chi connectivity index (χ3v) is 9.00. The Morgan fingerprint density at radius 2 is 0.756 bits per heavy atom. The highest BCUT2D eigenvalue weighted by atomic mass is 35.5. The van der Waals surface area contributed by atoms with E-state index >= 15 is 0 Å². The Morgan fingerprint density at radius 3 is 1.09 bits per heavy atom. The first kappa shape index (κ1) is 36.9. The van der Waals surface area contributed by atoms with Crippen LogP contribution in [0.3, 0.4) is 0 Å². The number of benzene rings is 2. The van der Waals surface area contributed by atoms with Gasteiger partial charge in [0.2, 0.25) is 5.28 Å². The van der Waals surface area contributed by atoms with Crippen molar-refractivity contribution < 1.29 is 0 Å². The number of rotatable bonds is 26. The van der Waals surface area contributed by atoms with Crippen LogP contribution in [0.2, 0.25) is 5.28 Å². The topological polar surface area (TPSA) is 32.3 Å². The van der Waals surface area contributed by atoms with E-state index in [0.29, 0.717) is 5.28 Å². The van der Waals surface area contributed by atoms with Gasteiger partial charge in [-0.25, -0.2) is 9.97 Å². The fourth-order valence-corrected chi connectivity index (χ4v) is 6.33. The SMILES string of the molecule is CCCCCCCCCCCCN(c1ccccc1)c1cc(N(CCCCCCCCCCCC)c2ccccc2)nc(Cl)n1. The van der Waals surface area contributed by atoms with E-state index in [0.717, 1.165) is 48.9 Å². The fourth-order valence-electron chi connectivity index (χ4n) is 6.15. The maximum Gasteiger partial charge on any atom is 0.226 e. The van der Waals surface area contributed by atoms with Crippen molar-refractivity contribution in [3.05, 3.63) is 72.0 Å². The summed E-state index contributed by atoms with van der Waals surface area (Å²) in [5.74, 6) is 1.74. The molecule has 0 fully saturated rings. The van der Waals surface area contributed by atoms with Gasteiger partial charge in [0, 0.05) is 30.5 Å². The summed E-state index contributed by atoms with van der Waals surface area (Å²) in [5, 5.41) is 0.301. The molecule has 0 spiro atoms. The second kappa shape index (κ2) is 23.7. The minimum atomic E-state index is 0.301. The summed E-state index contributed by atoms with van der Waals surface area (Å²) in [6, 6.07) is 23.4. The average Bonchev–Trinajstić information content (AvgIpc) is 3.07. The van der Waals surface area contributed by atoms with Crippen molar-refractivity contribution >= 4 is 34.6 Å². The first-order valence-electron chi connectivity index (χ1n) is 18.4. The van der Waals surface area contributed by atoms with Crippen molar-refractivity contribution in [3.8, 4) is 0 Å². The van der Waals surface area contributed by atoms with Crippen LogP contribution in [0.25, 0.3) is 0 Å². The van der Waals surface area contributed by atoms with Gasteiger partial charge in [-0.15, -0.1) is 0 Å². The minimum Gasteiger partial charge on any atom is -0.326 e. The molecule has 0 saturated carbocycles. The van der Waals surface area contributed by atoms with E-state index in [1.54, 1.807) is 0 Å². The van der Waals surface area contributed by atoms with Gasteiger partial charge in [-0.1, -0.05) is 166 Å². The number of hydrogen-bond acceptors (Lipinski definition) is 4. The molecule has 5 heteroatoms. The van der Waals surface area contributed by atoms with Gasteiger partial charge < -0.3 is 9.80 Å². The molecule has 0 aliphatic carbocycles. The van der Waals surface area contributed by atoms with E-state index in [-0.39, 0.29) is 0 Å². The lowest BCUT2D eigenvalue weighted by Crippen LogP contribution is -2.23. The van der Waals surface area contributed by atoms with E-state index in [9.17, 15) is 0 Å². The molecule has 0 saturated heterocycles. The number of hydrogen-bond donors (Lipinski definition) is 0. The predicted octanol–water partition coefficient (Wildman–Crippen LogP) is 13.2. The maximum absolute atomic E-state index is 6.67. The van der Waals surface area contributed by atoms with Crippen LogP contribution < -0.4 is 9.80 Å². The maximum atomic E-state index is 6.67. The van der Waals surface area contributed by atoms with Crippen molar-refractivity contribution in [2.75, 3.05) is 22.9 Å². The zero-order valence-electron chi connectivity index (χ0n) is 28.6. The third kappa shape index (κ3) is 15.0. The molecular formula is C40H61ClN4. The molecule has 0 radical (unpaired) electrons. The third-order valence-electron chi connectivity index (χ3n) is 8.83. The van der Waals surface area contributed by atoms with Crippen molar-refractivity contribution in [2.24, 2.45) is 0 Å². The Kier molecular flexibility index (Phi) is 19.4. The summed E-state index contributed by atoms with van der Waals surface area (Å²) in [6.45, 7) is 6.40. The molecule has 1 aromatic heterocycles. The molecule has 0 amide bonds. The van der Waals surface area contributed by atoms with Crippen LogP contribution in [0.4, 0.5) is 23.0 Å². The molecular weight excluding hydrogens is 572 g/mol. The normalized spacial score (nSPS) is 11.2. The number of anilines is 4. The number of nitrogens with zero attached hydrogens (tertiary/aromatic N) is 4. The zero-order valence-corrected chi connectivity index (χ0v) is 29.3.